The van der Waals surface area contributed by atoms with E-state index in [1.54, 1.807) is 31.4 Å². The van der Waals surface area contributed by atoms with Gasteiger partial charge in [-0.05, 0) is 48.5 Å². The summed E-state index contributed by atoms with van der Waals surface area (Å²) in [6.07, 6.45) is 1.12. The van der Waals surface area contributed by atoms with Crippen LogP contribution in [0.5, 0.6) is 5.75 Å². The van der Waals surface area contributed by atoms with E-state index in [9.17, 15) is 8.42 Å². The van der Waals surface area contributed by atoms with Crippen molar-refractivity contribution in [3.05, 3.63) is 48.5 Å². The van der Waals surface area contributed by atoms with Crippen molar-refractivity contribution in [1.82, 2.24) is 0 Å². The molecule has 0 aliphatic rings. The molecule has 0 fully saturated rings. The zero-order valence-corrected chi connectivity index (χ0v) is 12.1. The second-order valence-corrected chi connectivity index (χ2v) is 6.05. The van der Waals surface area contributed by atoms with Gasteiger partial charge in [-0.2, -0.15) is 0 Å². The smallest absolute Gasteiger partial charge is 0.229 e. The Balaban J connectivity index is 2.06. The van der Waals surface area contributed by atoms with E-state index in [4.69, 9.17) is 4.74 Å². The molecular weight excluding hydrogens is 276 g/mol. The molecule has 0 heterocycles. The summed E-state index contributed by atoms with van der Waals surface area (Å²) in [6.45, 7) is 0. The topological polar surface area (TPSA) is 67.4 Å². The van der Waals surface area contributed by atoms with Gasteiger partial charge in [0.1, 0.15) is 5.75 Å². The molecule has 0 saturated heterocycles. The second kappa shape index (κ2) is 5.83. The van der Waals surface area contributed by atoms with Crippen LogP contribution in [0.25, 0.3) is 0 Å². The first-order valence-electron chi connectivity index (χ1n) is 5.95. The summed E-state index contributed by atoms with van der Waals surface area (Å²) in [5.74, 6) is 0.795. The number of methoxy groups -OCH3 is 1. The number of anilines is 3. The van der Waals surface area contributed by atoms with Crippen molar-refractivity contribution in [2.24, 2.45) is 0 Å². The van der Waals surface area contributed by atoms with Crippen LogP contribution in [0.1, 0.15) is 0 Å². The summed E-state index contributed by atoms with van der Waals surface area (Å²) in [4.78, 5) is 0. The first kappa shape index (κ1) is 14.2. The zero-order chi connectivity index (χ0) is 14.6. The maximum atomic E-state index is 11.1. The molecule has 6 heteroatoms. The Labute approximate surface area is 118 Å². The summed E-state index contributed by atoms with van der Waals surface area (Å²) in [7, 11) is -1.62. The average molecular weight is 292 g/mol. The van der Waals surface area contributed by atoms with E-state index in [1.165, 1.54) is 0 Å². The molecule has 0 radical (unpaired) electrons. The van der Waals surface area contributed by atoms with Gasteiger partial charge in [-0.15, -0.1) is 0 Å². The Morgan fingerprint density at radius 3 is 1.75 bits per heavy atom. The van der Waals surface area contributed by atoms with Crippen LogP contribution in [0.2, 0.25) is 0 Å². The highest BCUT2D eigenvalue weighted by Crippen LogP contribution is 2.21. The predicted octanol–water partition coefficient (Wildman–Crippen LogP) is 2.81. The molecule has 2 N–H and O–H groups in total. The van der Waals surface area contributed by atoms with Gasteiger partial charge in [-0.25, -0.2) is 8.42 Å². The van der Waals surface area contributed by atoms with Gasteiger partial charge in [0.25, 0.3) is 0 Å². The Morgan fingerprint density at radius 1 is 0.850 bits per heavy atom. The van der Waals surface area contributed by atoms with E-state index in [1.807, 2.05) is 24.3 Å². The second-order valence-electron chi connectivity index (χ2n) is 4.31. The van der Waals surface area contributed by atoms with E-state index in [0.29, 0.717) is 5.69 Å². The van der Waals surface area contributed by atoms with Crippen LogP contribution in [0.15, 0.2) is 48.5 Å². The van der Waals surface area contributed by atoms with E-state index in [2.05, 4.69) is 10.0 Å². The molecule has 2 rings (SSSR count). The first-order chi connectivity index (χ1) is 9.46. The molecule has 0 unspecified atom stereocenters. The molecule has 0 aromatic heterocycles. The van der Waals surface area contributed by atoms with Crippen molar-refractivity contribution in [3.8, 4) is 5.75 Å². The maximum absolute atomic E-state index is 11.1. The molecule has 5 nitrogen and oxygen atoms in total. The number of rotatable bonds is 5. The minimum absolute atomic E-state index is 0.535. The van der Waals surface area contributed by atoms with Crippen LogP contribution in [-0.4, -0.2) is 21.8 Å². The van der Waals surface area contributed by atoms with Crippen LogP contribution >= 0.6 is 0 Å². The maximum Gasteiger partial charge on any atom is 0.229 e. The highest BCUT2D eigenvalue weighted by Gasteiger charge is 2.01. The number of hydrogen-bond donors (Lipinski definition) is 2. The lowest BCUT2D eigenvalue weighted by molar-refractivity contribution is 0.415. The molecule has 0 spiro atoms. The fraction of sp³-hybridized carbons (Fsp3) is 0.143. The lowest BCUT2D eigenvalue weighted by Crippen LogP contribution is -2.09. The molecule has 106 valence electrons. The summed E-state index contributed by atoms with van der Waals surface area (Å²) in [5, 5.41) is 3.21. The number of hydrogen-bond acceptors (Lipinski definition) is 4. The molecule has 2 aromatic carbocycles. The van der Waals surface area contributed by atoms with Crippen molar-refractivity contribution < 1.29 is 13.2 Å². The van der Waals surface area contributed by atoms with Gasteiger partial charge in [0.15, 0.2) is 0 Å². The van der Waals surface area contributed by atoms with E-state index >= 15 is 0 Å². The van der Waals surface area contributed by atoms with E-state index in [-0.39, 0.29) is 0 Å². The minimum Gasteiger partial charge on any atom is -0.497 e. The predicted molar refractivity (Wildman–Crippen MR) is 81.2 cm³/mol. The van der Waals surface area contributed by atoms with Crippen molar-refractivity contribution in [2.45, 2.75) is 0 Å². The third-order valence-electron chi connectivity index (χ3n) is 2.57. The van der Waals surface area contributed by atoms with E-state index < -0.39 is 10.0 Å². The van der Waals surface area contributed by atoms with Crippen molar-refractivity contribution in [1.29, 1.82) is 0 Å². The monoisotopic (exact) mass is 292 g/mol. The van der Waals surface area contributed by atoms with Crippen molar-refractivity contribution >= 4 is 27.1 Å². The van der Waals surface area contributed by atoms with Gasteiger partial charge >= 0.3 is 0 Å². The molecule has 0 aliphatic heterocycles. The Kier molecular flexibility index (Phi) is 4.14. The third kappa shape index (κ3) is 4.17. The standard InChI is InChI=1S/C14H16N2O3S/c1-19-14-9-7-12(8-10-14)15-11-3-5-13(6-4-11)16-20(2,17)18/h3-10,15-16H,1-2H3. The largest absolute Gasteiger partial charge is 0.497 e. The third-order valence-corrected chi connectivity index (χ3v) is 3.17. The first-order valence-corrected chi connectivity index (χ1v) is 7.84. The van der Waals surface area contributed by atoms with Gasteiger partial charge in [-0.1, -0.05) is 0 Å². The van der Waals surface area contributed by atoms with Crippen LogP contribution in [0.3, 0.4) is 0 Å². The van der Waals surface area contributed by atoms with Crippen LogP contribution in [-0.2, 0) is 10.0 Å². The molecule has 0 aliphatic carbocycles. The average Bonchev–Trinajstić information content (AvgIpc) is 2.40. The normalized spacial score (nSPS) is 10.9. The van der Waals surface area contributed by atoms with Crippen LogP contribution in [0, 0.1) is 0 Å². The number of nitrogens with one attached hydrogen (secondary N) is 2. The van der Waals surface area contributed by atoms with E-state index in [0.717, 1.165) is 23.4 Å². The van der Waals surface area contributed by atoms with Crippen LogP contribution < -0.4 is 14.8 Å². The number of benzene rings is 2. The minimum atomic E-state index is -3.24. The van der Waals surface area contributed by atoms with Crippen molar-refractivity contribution in [3.63, 3.8) is 0 Å². The van der Waals surface area contributed by atoms with Crippen molar-refractivity contribution in [2.75, 3.05) is 23.4 Å². The number of ether oxygens (including phenoxy) is 1. The lowest BCUT2D eigenvalue weighted by atomic mass is 10.2. The fourth-order valence-electron chi connectivity index (χ4n) is 1.68. The molecule has 2 aromatic rings. The molecule has 0 bridgehead atoms. The molecular formula is C14H16N2O3S. The molecule has 0 atom stereocenters. The molecule has 0 amide bonds. The highest BCUT2D eigenvalue weighted by atomic mass is 32.2. The van der Waals surface area contributed by atoms with Crippen LogP contribution in [0.4, 0.5) is 17.1 Å². The number of sulfonamides is 1. The van der Waals surface area contributed by atoms with Gasteiger partial charge in [-0.3, -0.25) is 4.72 Å². The fourth-order valence-corrected chi connectivity index (χ4v) is 2.24. The van der Waals surface area contributed by atoms with Gasteiger partial charge in [0.2, 0.25) is 10.0 Å². The Bertz CT molecular complexity index is 665. The Hall–Kier alpha value is -2.21. The summed E-state index contributed by atoms with van der Waals surface area (Å²) in [5.41, 5.74) is 2.33. The van der Waals surface area contributed by atoms with Gasteiger partial charge < -0.3 is 10.1 Å². The zero-order valence-electron chi connectivity index (χ0n) is 11.3. The van der Waals surface area contributed by atoms with Gasteiger partial charge in [0, 0.05) is 17.1 Å². The lowest BCUT2D eigenvalue weighted by Gasteiger charge is -2.09. The molecule has 0 saturated carbocycles. The summed E-state index contributed by atoms with van der Waals surface area (Å²) < 4.78 is 29.7. The quantitative estimate of drug-likeness (QED) is 0.889. The Morgan fingerprint density at radius 2 is 1.30 bits per heavy atom. The molecule has 20 heavy (non-hydrogen) atoms. The summed E-state index contributed by atoms with van der Waals surface area (Å²) in [6, 6.07) is 14.5. The van der Waals surface area contributed by atoms with Gasteiger partial charge in [0.05, 0.1) is 13.4 Å². The highest BCUT2D eigenvalue weighted by molar-refractivity contribution is 7.92. The summed E-state index contributed by atoms with van der Waals surface area (Å²) >= 11 is 0. The SMILES string of the molecule is COc1ccc(Nc2ccc(NS(C)(=O)=O)cc2)cc1.